The van der Waals surface area contributed by atoms with Gasteiger partial charge in [0, 0.05) is 5.56 Å². The number of carbonyl (C=O) groups is 1. The molecule has 0 saturated heterocycles. The Hall–Kier alpha value is -3.49. The highest BCUT2D eigenvalue weighted by Crippen LogP contribution is 2.35. The van der Waals surface area contributed by atoms with E-state index < -0.39 is 29.3 Å². The number of pyridine rings is 1. The van der Waals surface area contributed by atoms with Gasteiger partial charge in [0.05, 0.1) is 23.1 Å². The molecule has 1 aromatic heterocycles. The second kappa shape index (κ2) is 7.63. The Morgan fingerprint density at radius 3 is 2.32 bits per heavy atom. The van der Waals surface area contributed by atoms with E-state index in [1.807, 2.05) is 0 Å². The van der Waals surface area contributed by atoms with Crippen LogP contribution in [0.5, 0.6) is 0 Å². The van der Waals surface area contributed by atoms with Crippen LogP contribution in [0, 0.1) is 11.6 Å². The molecular formula is C19H12F5N3O. The van der Waals surface area contributed by atoms with Crippen molar-refractivity contribution in [1.29, 1.82) is 0 Å². The van der Waals surface area contributed by atoms with Gasteiger partial charge in [-0.15, -0.1) is 0 Å². The lowest BCUT2D eigenvalue weighted by Crippen LogP contribution is -2.13. The number of benzene rings is 2. The number of aromatic nitrogens is 1. The Balaban J connectivity index is 1.72. The molecule has 0 fully saturated rings. The third-order valence-electron chi connectivity index (χ3n) is 3.70. The molecule has 0 bridgehead atoms. The number of amides is 1. The van der Waals surface area contributed by atoms with Gasteiger partial charge in [-0.05, 0) is 42.5 Å². The molecule has 0 atom stereocenters. The third-order valence-corrected chi connectivity index (χ3v) is 3.70. The van der Waals surface area contributed by atoms with Gasteiger partial charge < -0.3 is 10.6 Å². The molecule has 0 aliphatic rings. The molecular weight excluding hydrogens is 381 g/mol. The molecule has 0 saturated carbocycles. The summed E-state index contributed by atoms with van der Waals surface area (Å²) in [4.78, 5) is 16.0. The molecule has 0 spiro atoms. The lowest BCUT2D eigenvalue weighted by Gasteiger charge is -2.14. The SMILES string of the molecule is O=C(Nc1ccc(Nc2ccccc2C(F)(F)F)cn1)c1ccc(F)c(F)c1. The minimum atomic E-state index is -4.52. The summed E-state index contributed by atoms with van der Waals surface area (Å²) in [7, 11) is 0. The van der Waals surface area contributed by atoms with Gasteiger partial charge in [-0.3, -0.25) is 4.79 Å². The molecule has 2 aromatic carbocycles. The van der Waals surface area contributed by atoms with Crippen molar-refractivity contribution in [3.8, 4) is 0 Å². The van der Waals surface area contributed by atoms with Crippen molar-refractivity contribution < 1.29 is 26.7 Å². The highest BCUT2D eigenvalue weighted by atomic mass is 19.4. The molecule has 28 heavy (non-hydrogen) atoms. The van der Waals surface area contributed by atoms with Gasteiger partial charge in [-0.25, -0.2) is 13.8 Å². The predicted molar refractivity (Wildman–Crippen MR) is 93.3 cm³/mol. The Labute approximate surface area is 156 Å². The summed E-state index contributed by atoms with van der Waals surface area (Å²) in [6.07, 6.45) is -3.29. The Morgan fingerprint density at radius 1 is 0.929 bits per heavy atom. The zero-order chi connectivity index (χ0) is 20.3. The van der Waals surface area contributed by atoms with Crippen molar-refractivity contribution >= 4 is 23.1 Å². The minimum absolute atomic E-state index is 0.0874. The van der Waals surface area contributed by atoms with Crippen LogP contribution in [0.2, 0.25) is 0 Å². The van der Waals surface area contributed by atoms with Crippen LogP contribution in [-0.4, -0.2) is 10.9 Å². The van der Waals surface area contributed by atoms with E-state index in [2.05, 4.69) is 15.6 Å². The number of carbonyl (C=O) groups excluding carboxylic acids is 1. The minimum Gasteiger partial charge on any atom is -0.354 e. The highest BCUT2D eigenvalue weighted by Gasteiger charge is 2.33. The number of hydrogen-bond donors (Lipinski definition) is 2. The lowest BCUT2D eigenvalue weighted by molar-refractivity contribution is -0.136. The number of hydrogen-bond acceptors (Lipinski definition) is 3. The molecule has 1 heterocycles. The van der Waals surface area contributed by atoms with Crippen LogP contribution in [0.4, 0.5) is 39.1 Å². The van der Waals surface area contributed by atoms with E-state index in [9.17, 15) is 26.7 Å². The van der Waals surface area contributed by atoms with Crippen LogP contribution in [0.15, 0.2) is 60.8 Å². The fourth-order valence-corrected chi connectivity index (χ4v) is 2.36. The van der Waals surface area contributed by atoms with Gasteiger partial charge >= 0.3 is 6.18 Å². The first kappa shape index (κ1) is 19.3. The summed E-state index contributed by atoms with van der Waals surface area (Å²) in [6.45, 7) is 0. The summed E-state index contributed by atoms with van der Waals surface area (Å²) in [5, 5.41) is 5.00. The van der Waals surface area contributed by atoms with Crippen molar-refractivity contribution in [2.75, 3.05) is 10.6 Å². The number of rotatable bonds is 4. The van der Waals surface area contributed by atoms with Crippen LogP contribution >= 0.6 is 0 Å². The normalized spacial score (nSPS) is 11.2. The van der Waals surface area contributed by atoms with E-state index in [0.29, 0.717) is 0 Å². The van der Waals surface area contributed by atoms with Crippen molar-refractivity contribution in [2.45, 2.75) is 6.18 Å². The summed E-state index contributed by atoms with van der Waals surface area (Å²) in [5.41, 5.74) is -0.814. The van der Waals surface area contributed by atoms with Crippen LogP contribution in [0.25, 0.3) is 0 Å². The predicted octanol–water partition coefficient (Wildman–Crippen LogP) is 5.37. The smallest absolute Gasteiger partial charge is 0.354 e. The number of nitrogens with zero attached hydrogens (tertiary/aromatic N) is 1. The zero-order valence-corrected chi connectivity index (χ0v) is 14.0. The molecule has 0 radical (unpaired) electrons. The van der Waals surface area contributed by atoms with E-state index in [0.717, 1.165) is 24.3 Å². The summed E-state index contributed by atoms with van der Waals surface area (Å²) in [5.74, 6) is -2.87. The van der Waals surface area contributed by atoms with Gasteiger partial charge in [0.1, 0.15) is 5.82 Å². The topological polar surface area (TPSA) is 54.0 Å². The van der Waals surface area contributed by atoms with E-state index >= 15 is 0 Å². The second-order valence-electron chi connectivity index (χ2n) is 5.68. The first-order chi connectivity index (χ1) is 13.2. The Bertz CT molecular complexity index is 1000. The standard InChI is InChI=1S/C19H12F5N3O/c20-14-7-5-11(9-15(14)21)18(28)27-17-8-6-12(10-25-17)26-16-4-2-1-3-13(16)19(22,23)24/h1-10,26H,(H,25,27,28). The number of alkyl halides is 3. The maximum atomic E-state index is 13.2. The van der Waals surface area contributed by atoms with Crippen LogP contribution < -0.4 is 10.6 Å². The number of anilines is 3. The van der Waals surface area contributed by atoms with Crippen molar-refractivity contribution in [3.63, 3.8) is 0 Å². The molecule has 4 nitrogen and oxygen atoms in total. The van der Waals surface area contributed by atoms with Crippen LogP contribution in [-0.2, 0) is 6.18 Å². The largest absolute Gasteiger partial charge is 0.418 e. The molecule has 1 amide bonds. The number of para-hydroxylation sites is 1. The fourth-order valence-electron chi connectivity index (χ4n) is 2.36. The second-order valence-corrected chi connectivity index (χ2v) is 5.68. The number of halogens is 5. The van der Waals surface area contributed by atoms with E-state index in [-0.39, 0.29) is 22.8 Å². The molecule has 144 valence electrons. The molecule has 3 rings (SSSR count). The molecule has 9 heteroatoms. The molecule has 0 aliphatic heterocycles. The zero-order valence-electron chi connectivity index (χ0n) is 14.0. The highest BCUT2D eigenvalue weighted by molar-refractivity contribution is 6.03. The summed E-state index contributed by atoms with van der Waals surface area (Å²) in [6, 6.07) is 10.4. The first-order valence-electron chi connectivity index (χ1n) is 7.90. The molecule has 0 unspecified atom stereocenters. The van der Waals surface area contributed by atoms with Crippen molar-refractivity contribution in [3.05, 3.63) is 83.6 Å². The molecule has 3 aromatic rings. The number of nitrogens with one attached hydrogen (secondary N) is 2. The monoisotopic (exact) mass is 393 g/mol. The average Bonchev–Trinajstić information content (AvgIpc) is 2.65. The molecule has 0 aliphatic carbocycles. The van der Waals surface area contributed by atoms with Gasteiger partial charge in [0.2, 0.25) is 0 Å². The van der Waals surface area contributed by atoms with Crippen molar-refractivity contribution in [1.82, 2.24) is 4.98 Å². The quantitative estimate of drug-likeness (QED) is 0.586. The average molecular weight is 393 g/mol. The molecule has 2 N–H and O–H groups in total. The first-order valence-corrected chi connectivity index (χ1v) is 7.90. The summed E-state index contributed by atoms with van der Waals surface area (Å²) < 4.78 is 65.2. The van der Waals surface area contributed by atoms with Gasteiger partial charge in [-0.1, -0.05) is 12.1 Å². The van der Waals surface area contributed by atoms with E-state index in [4.69, 9.17) is 0 Å². The van der Waals surface area contributed by atoms with Crippen LogP contribution in [0.1, 0.15) is 15.9 Å². The van der Waals surface area contributed by atoms with Crippen LogP contribution in [0.3, 0.4) is 0 Å². The Morgan fingerprint density at radius 2 is 1.68 bits per heavy atom. The Kier molecular flexibility index (Phi) is 5.25. The fraction of sp³-hybridized carbons (Fsp3) is 0.0526. The summed E-state index contributed by atoms with van der Waals surface area (Å²) >= 11 is 0. The third kappa shape index (κ3) is 4.43. The van der Waals surface area contributed by atoms with Crippen molar-refractivity contribution in [2.24, 2.45) is 0 Å². The van der Waals surface area contributed by atoms with E-state index in [1.165, 1.54) is 36.5 Å². The maximum Gasteiger partial charge on any atom is 0.418 e. The maximum absolute atomic E-state index is 13.2. The van der Waals surface area contributed by atoms with Gasteiger partial charge in [0.25, 0.3) is 5.91 Å². The van der Waals surface area contributed by atoms with Gasteiger partial charge in [-0.2, -0.15) is 13.2 Å². The van der Waals surface area contributed by atoms with Gasteiger partial charge in [0.15, 0.2) is 11.6 Å². The van der Waals surface area contributed by atoms with E-state index in [1.54, 1.807) is 0 Å². The lowest BCUT2D eigenvalue weighted by atomic mass is 10.1.